The van der Waals surface area contributed by atoms with Gasteiger partial charge in [0.2, 0.25) is 5.91 Å². The molecule has 1 amide bonds. The summed E-state index contributed by atoms with van der Waals surface area (Å²) in [7, 11) is 2.14. The first kappa shape index (κ1) is 25.2. The first-order valence-corrected chi connectivity index (χ1v) is 13.3. The molecule has 2 aromatic rings. The molecule has 0 unspecified atom stereocenters. The number of aromatic nitrogens is 1. The highest BCUT2D eigenvalue weighted by molar-refractivity contribution is 5.87. The van der Waals surface area contributed by atoms with Crippen molar-refractivity contribution in [1.29, 1.82) is 5.26 Å². The number of carbonyl (C=O) groups is 1. The van der Waals surface area contributed by atoms with Gasteiger partial charge in [-0.05, 0) is 37.6 Å². The van der Waals surface area contributed by atoms with Crippen molar-refractivity contribution in [3.8, 4) is 6.07 Å². The first-order valence-electron chi connectivity index (χ1n) is 13.3. The summed E-state index contributed by atoms with van der Waals surface area (Å²) in [4.78, 5) is 28.8. The maximum absolute atomic E-state index is 12.3. The highest BCUT2D eigenvalue weighted by atomic mass is 16.2. The molecule has 3 aliphatic rings. The van der Waals surface area contributed by atoms with Gasteiger partial charge in [-0.3, -0.25) is 9.69 Å². The van der Waals surface area contributed by atoms with Crippen LogP contribution in [0, 0.1) is 11.3 Å². The fourth-order valence-corrected chi connectivity index (χ4v) is 5.83. The molecule has 8 heteroatoms. The van der Waals surface area contributed by atoms with Gasteiger partial charge >= 0.3 is 0 Å². The topological polar surface area (TPSA) is 70.0 Å². The van der Waals surface area contributed by atoms with Crippen LogP contribution in [0.15, 0.2) is 43.0 Å². The van der Waals surface area contributed by atoms with Crippen molar-refractivity contribution in [2.45, 2.75) is 32.5 Å². The Balaban J connectivity index is 1.52. The van der Waals surface area contributed by atoms with Crippen molar-refractivity contribution in [3.63, 3.8) is 0 Å². The highest BCUT2D eigenvalue weighted by Crippen LogP contribution is 2.37. The monoisotopic (exact) mass is 499 g/mol. The second-order valence-electron chi connectivity index (χ2n) is 10.5. The Morgan fingerprint density at radius 3 is 2.51 bits per heavy atom. The standard InChI is InChI=1S/C29H37N7O/c1-4-27(37)35-16-17-36(22(2)19-35)29-24-10-11-33(20-23-8-6-5-7-9-23)21-26(24)25(18-30)28(31-29)34-14-12-32(3)13-15-34/h4-9,22H,1,10-17,19-21H2,2-3H3/t22-/m1/s1. The maximum Gasteiger partial charge on any atom is 0.246 e. The van der Waals surface area contributed by atoms with E-state index in [9.17, 15) is 10.1 Å². The van der Waals surface area contributed by atoms with Crippen molar-refractivity contribution < 1.29 is 4.79 Å². The van der Waals surface area contributed by atoms with Crippen molar-refractivity contribution in [3.05, 3.63) is 65.2 Å². The summed E-state index contributed by atoms with van der Waals surface area (Å²) in [6, 6.07) is 13.2. The summed E-state index contributed by atoms with van der Waals surface area (Å²) < 4.78 is 0. The molecule has 0 aliphatic carbocycles. The highest BCUT2D eigenvalue weighted by Gasteiger charge is 2.34. The van der Waals surface area contributed by atoms with Crippen molar-refractivity contribution in [1.82, 2.24) is 19.7 Å². The number of carbonyl (C=O) groups excluding carboxylic acids is 1. The summed E-state index contributed by atoms with van der Waals surface area (Å²) in [6.45, 7) is 14.0. The molecular weight excluding hydrogens is 462 g/mol. The molecule has 2 saturated heterocycles. The van der Waals surface area contributed by atoms with E-state index < -0.39 is 0 Å². The number of fused-ring (bicyclic) bond motifs is 1. The largest absolute Gasteiger partial charge is 0.353 e. The lowest BCUT2D eigenvalue weighted by Gasteiger charge is -2.43. The minimum Gasteiger partial charge on any atom is -0.353 e. The Morgan fingerprint density at radius 1 is 1.08 bits per heavy atom. The van der Waals surface area contributed by atoms with Crippen LogP contribution in [-0.4, -0.2) is 91.0 Å². The molecular formula is C29H37N7O. The molecule has 5 rings (SSSR count). The van der Waals surface area contributed by atoms with Crippen molar-refractivity contribution >= 4 is 17.5 Å². The molecule has 1 aromatic carbocycles. The fourth-order valence-electron chi connectivity index (χ4n) is 5.83. The number of hydrogen-bond acceptors (Lipinski definition) is 7. The number of piperazine rings is 2. The third-order valence-electron chi connectivity index (χ3n) is 7.98. The van der Waals surface area contributed by atoms with Crippen LogP contribution in [0.2, 0.25) is 0 Å². The summed E-state index contributed by atoms with van der Waals surface area (Å²) in [5.41, 5.74) is 4.35. The number of likely N-dealkylation sites (N-methyl/N-ethyl adjacent to an activating group) is 1. The average Bonchev–Trinajstić information content (AvgIpc) is 2.92. The Kier molecular flexibility index (Phi) is 7.45. The van der Waals surface area contributed by atoms with Crippen LogP contribution in [0.4, 0.5) is 11.6 Å². The number of hydrogen-bond donors (Lipinski definition) is 0. The molecule has 0 radical (unpaired) electrons. The van der Waals surface area contributed by atoms with E-state index in [0.29, 0.717) is 13.1 Å². The number of rotatable bonds is 5. The molecule has 0 N–H and O–H groups in total. The Bertz CT molecular complexity index is 1180. The van der Waals surface area contributed by atoms with E-state index in [0.717, 1.165) is 81.5 Å². The van der Waals surface area contributed by atoms with Crippen molar-refractivity contribution in [2.75, 3.05) is 69.2 Å². The fraction of sp³-hybridized carbons (Fsp3) is 0.483. The lowest BCUT2D eigenvalue weighted by molar-refractivity contribution is -0.126. The van der Waals surface area contributed by atoms with Gasteiger partial charge in [-0.2, -0.15) is 5.26 Å². The van der Waals surface area contributed by atoms with Gasteiger partial charge in [0.1, 0.15) is 17.7 Å². The Hall–Kier alpha value is -3.41. The lowest BCUT2D eigenvalue weighted by Crippen LogP contribution is -2.54. The predicted molar refractivity (Wildman–Crippen MR) is 147 cm³/mol. The summed E-state index contributed by atoms with van der Waals surface area (Å²) in [6.07, 6.45) is 2.26. The van der Waals surface area contributed by atoms with Crippen LogP contribution >= 0.6 is 0 Å². The second-order valence-corrected chi connectivity index (χ2v) is 10.5. The molecule has 37 heavy (non-hydrogen) atoms. The normalized spacial score (nSPS) is 20.9. The molecule has 8 nitrogen and oxygen atoms in total. The molecule has 0 bridgehead atoms. The quantitative estimate of drug-likeness (QED) is 0.586. The molecule has 2 fully saturated rings. The van der Waals surface area contributed by atoms with E-state index >= 15 is 0 Å². The number of nitrogens with zero attached hydrogens (tertiary/aromatic N) is 7. The van der Waals surface area contributed by atoms with Gasteiger partial charge in [-0.1, -0.05) is 36.9 Å². The van der Waals surface area contributed by atoms with Gasteiger partial charge in [0.05, 0.1) is 5.56 Å². The van der Waals surface area contributed by atoms with E-state index in [2.05, 4.69) is 70.5 Å². The van der Waals surface area contributed by atoms with E-state index in [4.69, 9.17) is 4.98 Å². The number of nitriles is 1. The second kappa shape index (κ2) is 10.9. The molecule has 0 spiro atoms. The zero-order valence-electron chi connectivity index (χ0n) is 22.1. The third kappa shape index (κ3) is 5.20. The summed E-state index contributed by atoms with van der Waals surface area (Å²) >= 11 is 0. The maximum atomic E-state index is 12.3. The van der Waals surface area contributed by atoms with Gasteiger partial charge in [-0.25, -0.2) is 4.98 Å². The van der Waals surface area contributed by atoms with Crippen LogP contribution in [0.1, 0.15) is 29.2 Å². The lowest BCUT2D eigenvalue weighted by atomic mass is 9.94. The SMILES string of the molecule is C=CC(=O)N1CCN(c2nc(N3CCN(C)CC3)c(C#N)c3c2CCN(Cc2ccccc2)C3)[C@H](C)C1. The Labute approximate surface area is 220 Å². The smallest absolute Gasteiger partial charge is 0.246 e. The predicted octanol–water partition coefficient (Wildman–Crippen LogP) is 2.49. The third-order valence-corrected chi connectivity index (χ3v) is 7.98. The zero-order chi connectivity index (χ0) is 25.9. The minimum absolute atomic E-state index is 0.0176. The van der Waals surface area contributed by atoms with E-state index in [-0.39, 0.29) is 11.9 Å². The van der Waals surface area contributed by atoms with Gasteiger partial charge in [-0.15, -0.1) is 0 Å². The van der Waals surface area contributed by atoms with Crippen LogP contribution in [0.3, 0.4) is 0 Å². The van der Waals surface area contributed by atoms with Gasteiger partial charge in [0, 0.05) is 77.1 Å². The molecule has 1 aromatic heterocycles. The molecule has 194 valence electrons. The molecule has 0 saturated carbocycles. The first-order chi connectivity index (χ1) is 18.0. The number of benzene rings is 1. The van der Waals surface area contributed by atoms with Crippen LogP contribution in [0.5, 0.6) is 0 Å². The Morgan fingerprint density at radius 2 is 1.84 bits per heavy atom. The summed E-state index contributed by atoms with van der Waals surface area (Å²) in [5, 5.41) is 10.4. The van der Waals surface area contributed by atoms with Gasteiger partial charge in [0.15, 0.2) is 0 Å². The number of anilines is 2. The molecule has 1 atom stereocenters. The number of amides is 1. The number of pyridine rings is 1. The van der Waals surface area contributed by atoms with E-state index in [1.165, 1.54) is 17.2 Å². The van der Waals surface area contributed by atoms with E-state index in [1.54, 1.807) is 0 Å². The van der Waals surface area contributed by atoms with Crippen LogP contribution < -0.4 is 9.80 Å². The summed E-state index contributed by atoms with van der Waals surface area (Å²) in [5.74, 6) is 1.80. The van der Waals surface area contributed by atoms with Gasteiger partial charge < -0.3 is 19.6 Å². The van der Waals surface area contributed by atoms with Crippen molar-refractivity contribution in [2.24, 2.45) is 0 Å². The zero-order valence-corrected chi connectivity index (χ0v) is 22.1. The minimum atomic E-state index is -0.0176. The van der Waals surface area contributed by atoms with Gasteiger partial charge in [0.25, 0.3) is 0 Å². The van der Waals surface area contributed by atoms with Crippen LogP contribution in [0.25, 0.3) is 0 Å². The van der Waals surface area contributed by atoms with Crippen LogP contribution in [-0.2, 0) is 24.3 Å². The molecule has 3 aliphatic heterocycles. The molecule has 4 heterocycles. The van der Waals surface area contributed by atoms with E-state index in [1.807, 2.05) is 11.0 Å². The average molecular weight is 500 g/mol.